The minimum absolute atomic E-state index is 0.107. The van der Waals surface area contributed by atoms with E-state index in [9.17, 15) is 26.7 Å². The molecule has 4 nitrogen and oxygen atoms in total. The lowest BCUT2D eigenvalue weighted by Gasteiger charge is -2.12. The standard InChI is InChI=1S/C19H13ClF5N3O/c1-28-9-11(18(27-28)19(23,24)25)7-17(29)26-16-5-3-12(21)8-13(16)10-2-4-14(20)15(22)6-10/h2-6,8-9H,7H2,1H3,(H,26,29). The fraction of sp³-hybridized carbons (Fsp3) is 0.158. The number of aromatic nitrogens is 2. The molecule has 2 aromatic carbocycles. The van der Waals surface area contributed by atoms with Crippen LogP contribution in [-0.4, -0.2) is 15.7 Å². The van der Waals surface area contributed by atoms with Crippen LogP contribution in [0.5, 0.6) is 0 Å². The second-order valence-electron chi connectivity index (χ2n) is 6.22. The summed E-state index contributed by atoms with van der Waals surface area (Å²) in [7, 11) is 1.31. The van der Waals surface area contributed by atoms with Crippen molar-refractivity contribution in [3.63, 3.8) is 0 Å². The van der Waals surface area contributed by atoms with E-state index in [0.717, 1.165) is 29.1 Å². The number of amides is 1. The molecule has 0 radical (unpaired) electrons. The van der Waals surface area contributed by atoms with Crippen molar-refractivity contribution in [2.45, 2.75) is 12.6 Å². The molecule has 29 heavy (non-hydrogen) atoms. The molecular weight excluding hydrogens is 417 g/mol. The van der Waals surface area contributed by atoms with Crippen LogP contribution in [0.1, 0.15) is 11.3 Å². The van der Waals surface area contributed by atoms with Crippen LogP contribution in [0.25, 0.3) is 11.1 Å². The van der Waals surface area contributed by atoms with Crippen LogP contribution in [0.15, 0.2) is 42.6 Å². The van der Waals surface area contributed by atoms with Gasteiger partial charge in [-0.05, 0) is 35.9 Å². The van der Waals surface area contributed by atoms with E-state index in [1.54, 1.807) is 0 Å². The Morgan fingerprint density at radius 2 is 1.90 bits per heavy atom. The normalized spacial score (nSPS) is 11.6. The van der Waals surface area contributed by atoms with Crippen LogP contribution >= 0.6 is 11.6 Å². The molecule has 3 aromatic rings. The number of hydrogen-bond donors (Lipinski definition) is 1. The van der Waals surface area contributed by atoms with E-state index in [1.165, 1.54) is 25.2 Å². The van der Waals surface area contributed by atoms with Gasteiger partial charge in [0.15, 0.2) is 5.69 Å². The van der Waals surface area contributed by atoms with Crippen molar-refractivity contribution < 1.29 is 26.7 Å². The number of anilines is 1. The highest BCUT2D eigenvalue weighted by Crippen LogP contribution is 2.33. The van der Waals surface area contributed by atoms with Crippen molar-refractivity contribution in [3.05, 3.63) is 70.5 Å². The van der Waals surface area contributed by atoms with Gasteiger partial charge in [0.1, 0.15) is 11.6 Å². The molecular formula is C19H13ClF5N3O. The Morgan fingerprint density at radius 1 is 1.17 bits per heavy atom. The zero-order chi connectivity index (χ0) is 21.3. The average molecular weight is 430 g/mol. The first-order valence-corrected chi connectivity index (χ1v) is 8.57. The Bertz CT molecular complexity index is 1080. The van der Waals surface area contributed by atoms with E-state index in [0.29, 0.717) is 0 Å². The van der Waals surface area contributed by atoms with Gasteiger partial charge in [0.25, 0.3) is 0 Å². The first-order valence-electron chi connectivity index (χ1n) is 8.19. The fourth-order valence-corrected chi connectivity index (χ4v) is 2.92. The van der Waals surface area contributed by atoms with Gasteiger partial charge in [-0.15, -0.1) is 0 Å². The molecule has 0 spiro atoms. The van der Waals surface area contributed by atoms with Crippen LogP contribution in [0.2, 0.25) is 5.02 Å². The molecule has 0 aliphatic rings. The third-order valence-corrected chi connectivity index (χ3v) is 4.32. The largest absolute Gasteiger partial charge is 0.435 e. The molecule has 1 N–H and O–H groups in total. The van der Waals surface area contributed by atoms with E-state index in [-0.39, 0.29) is 27.4 Å². The zero-order valence-electron chi connectivity index (χ0n) is 14.8. The maximum absolute atomic E-state index is 13.8. The lowest BCUT2D eigenvalue weighted by atomic mass is 10.0. The second-order valence-corrected chi connectivity index (χ2v) is 6.63. The summed E-state index contributed by atoms with van der Waals surface area (Å²) in [6, 6.07) is 7.14. The van der Waals surface area contributed by atoms with Crippen LogP contribution < -0.4 is 5.32 Å². The quantitative estimate of drug-likeness (QED) is 0.578. The number of hydrogen-bond acceptors (Lipinski definition) is 2. The van der Waals surface area contributed by atoms with Gasteiger partial charge < -0.3 is 5.32 Å². The number of alkyl halides is 3. The van der Waals surface area contributed by atoms with Gasteiger partial charge >= 0.3 is 6.18 Å². The number of carbonyl (C=O) groups excluding carboxylic acids is 1. The summed E-state index contributed by atoms with van der Waals surface area (Å²) in [6.07, 6.45) is -4.21. The molecule has 0 saturated carbocycles. The predicted octanol–water partition coefficient (Wildman–Crippen LogP) is 5.22. The van der Waals surface area contributed by atoms with E-state index >= 15 is 0 Å². The van der Waals surface area contributed by atoms with Gasteiger partial charge in [0.2, 0.25) is 5.91 Å². The van der Waals surface area contributed by atoms with E-state index < -0.39 is 35.8 Å². The summed E-state index contributed by atoms with van der Waals surface area (Å²) < 4.78 is 67.6. The number of rotatable bonds is 4. The molecule has 0 fully saturated rings. The molecule has 0 aliphatic heterocycles. The van der Waals surface area contributed by atoms with Crippen LogP contribution in [-0.2, 0) is 24.4 Å². The van der Waals surface area contributed by atoms with Crippen molar-refractivity contribution >= 4 is 23.2 Å². The van der Waals surface area contributed by atoms with Gasteiger partial charge in [0.05, 0.1) is 11.4 Å². The van der Waals surface area contributed by atoms with Gasteiger partial charge in [-0.25, -0.2) is 8.78 Å². The maximum atomic E-state index is 13.8. The van der Waals surface area contributed by atoms with Crippen LogP contribution in [0.4, 0.5) is 27.6 Å². The molecule has 152 valence electrons. The lowest BCUT2D eigenvalue weighted by Crippen LogP contribution is -2.18. The summed E-state index contributed by atoms with van der Waals surface area (Å²) in [5, 5.41) is 5.65. The molecule has 0 saturated heterocycles. The van der Waals surface area contributed by atoms with Gasteiger partial charge in [-0.1, -0.05) is 17.7 Å². The Morgan fingerprint density at radius 3 is 2.55 bits per heavy atom. The van der Waals surface area contributed by atoms with Crippen molar-refractivity contribution in [2.24, 2.45) is 7.05 Å². The Kier molecular flexibility index (Phi) is 5.61. The Labute approximate surface area is 166 Å². The van der Waals surface area contributed by atoms with Gasteiger partial charge in [-0.2, -0.15) is 18.3 Å². The van der Waals surface area contributed by atoms with Crippen molar-refractivity contribution in [3.8, 4) is 11.1 Å². The Balaban J connectivity index is 1.89. The first kappa shape index (κ1) is 20.8. The van der Waals surface area contributed by atoms with Gasteiger partial charge in [-0.3, -0.25) is 9.48 Å². The molecule has 0 aliphatic carbocycles. The summed E-state index contributed by atoms with van der Waals surface area (Å²) in [6.45, 7) is 0. The summed E-state index contributed by atoms with van der Waals surface area (Å²) >= 11 is 5.65. The molecule has 0 bridgehead atoms. The Hall–Kier alpha value is -2.94. The highest BCUT2D eigenvalue weighted by molar-refractivity contribution is 6.30. The third kappa shape index (κ3) is 4.73. The first-order chi connectivity index (χ1) is 13.5. The van der Waals surface area contributed by atoms with Crippen molar-refractivity contribution in [1.82, 2.24) is 9.78 Å². The van der Waals surface area contributed by atoms with Crippen LogP contribution in [0.3, 0.4) is 0 Å². The molecule has 1 aromatic heterocycles. The molecule has 1 amide bonds. The second kappa shape index (κ2) is 7.82. The highest BCUT2D eigenvalue weighted by atomic mass is 35.5. The number of nitrogens with one attached hydrogen (secondary N) is 1. The molecule has 0 unspecified atom stereocenters. The molecule has 10 heteroatoms. The van der Waals surface area contributed by atoms with Crippen molar-refractivity contribution in [2.75, 3.05) is 5.32 Å². The lowest BCUT2D eigenvalue weighted by molar-refractivity contribution is -0.142. The number of nitrogens with zero attached hydrogens (tertiary/aromatic N) is 2. The summed E-state index contributed by atoms with van der Waals surface area (Å²) in [4.78, 5) is 12.4. The topological polar surface area (TPSA) is 46.9 Å². The number of halogens is 6. The zero-order valence-corrected chi connectivity index (χ0v) is 15.6. The maximum Gasteiger partial charge on any atom is 0.435 e. The average Bonchev–Trinajstić information content (AvgIpc) is 2.99. The highest BCUT2D eigenvalue weighted by Gasteiger charge is 2.37. The smallest absolute Gasteiger partial charge is 0.325 e. The predicted molar refractivity (Wildman–Crippen MR) is 97.3 cm³/mol. The summed E-state index contributed by atoms with van der Waals surface area (Å²) in [5.41, 5.74) is -0.973. The minimum Gasteiger partial charge on any atom is -0.325 e. The minimum atomic E-state index is -4.71. The number of carbonyl (C=O) groups is 1. The van der Waals surface area contributed by atoms with E-state index in [4.69, 9.17) is 11.6 Å². The van der Waals surface area contributed by atoms with Crippen LogP contribution in [0, 0.1) is 11.6 Å². The van der Waals surface area contributed by atoms with E-state index in [2.05, 4.69) is 10.4 Å². The SMILES string of the molecule is Cn1cc(CC(=O)Nc2ccc(F)cc2-c2ccc(Cl)c(F)c2)c(C(F)(F)F)n1. The molecule has 3 rings (SSSR count). The number of aryl methyl sites for hydroxylation is 1. The summed E-state index contributed by atoms with van der Waals surface area (Å²) in [5.74, 6) is -2.15. The third-order valence-electron chi connectivity index (χ3n) is 4.01. The van der Waals surface area contributed by atoms with Gasteiger partial charge in [0, 0.05) is 30.1 Å². The molecule has 1 heterocycles. The number of benzene rings is 2. The molecule has 0 atom stereocenters. The monoisotopic (exact) mass is 429 g/mol. The van der Waals surface area contributed by atoms with E-state index in [1.807, 2.05) is 0 Å². The van der Waals surface area contributed by atoms with Crippen molar-refractivity contribution in [1.29, 1.82) is 0 Å². The fourth-order valence-electron chi connectivity index (χ4n) is 2.80.